The first-order valence-corrected chi connectivity index (χ1v) is 5.20. The van der Waals surface area contributed by atoms with Crippen LogP contribution in [0.4, 0.5) is 0 Å². The molecule has 2 aromatic rings. The SMILES string of the molecule is Cc1cc(C)cc(-c2cccc(C=O)n2)c1. The van der Waals surface area contributed by atoms with Crippen LogP contribution < -0.4 is 0 Å². The molecular formula is C14H13NO. The second kappa shape index (κ2) is 4.27. The molecule has 0 spiro atoms. The van der Waals surface area contributed by atoms with Crippen LogP contribution in [-0.2, 0) is 0 Å². The molecule has 1 aromatic carbocycles. The zero-order valence-corrected chi connectivity index (χ0v) is 9.40. The molecule has 80 valence electrons. The van der Waals surface area contributed by atoms with Crippen molar-refractivity contribution in [3.05, 3.63) is 53.2 Å². The van der Waals surface area contributed by atoms with E-state index in [1.807, 2.05) is 12.1 Å². The summed E-state index contributed by atoms with van der Waals surface area (Å²) in [6, 6.07) is 11.7. The Kier molecular flexibility index (Phi) is 2.82. The van der Waals surface area contributed by atoms with E-state index in [0.29, 0.717) is 5.69 Å². The summed E-state index contributed by atoms with van der Waals surface area (Å²) in [5, 5.41) is 0. The average molecular weight is 211 g/mol. The third-order valence-corrected chi connectivity index (χ3v) is 2.41. The normalized spacial score (nSPS) is 10.1. The van der Waals surface area contributed by atoms with Crippen LogP contribution in [0.1, 0.15) is 21.6 Å². The lowest BCUT2D eigenvalue weighted by atomic mass is 10.0. The van der Waals surface area contributed by atoms with Crippen LogP contribution in [0.25, 0.3) is 11.3 Å². The molecule has 0 saturated carbocycles. The van der Waals surface area contributed by atoms with Gasteiger partial charge >= 0.3 is 0 Å². The van der Waals surface area contributed by atoms with Crippen LogP contribution in [0.2, 0.25) is 0 Å². The predicted molar refractivity (Wildman–Crippen MR) is 64.5 cm³/mol. The lowest BCUT2D eigenvalue weighted by Crippen LogP contribution is -1.90. The highest BCUT2D eigenvalue weighted by Gasteiger charge is 2.02. The lowest BCUT2D eigenvalue weighted by molar-refractivity contribution is 0.111. The fraction of sp³-hybridized carbons (Fsp3) is 0.143. The van der Waals surface area contributed by atoms with Crippen molar-refractivity contribution in [1.29, 1.82) is 0 Å². The number of rotatable bonds is 2. The van der Waals surface area contributed by atoms with Gasteiger partial charge in [0.1, 0.15) is 5.69 Å². The van der Waals surface area contributed by atoms with Crippen LogP contribution in [-0.4, -0.2) is 11.3 Å². The fourth-order valence-corrected chi connectivity index (χ4v) is 1.80. The van der Waals surface area contributed by atoms with E-state index in [2.05, 4.69) is 37.0 Å². The molecule has 0 unspecified atom stereocenters. The summed E-state index contributed by atoms with van der Waals surface area (Å²) in [7, 11) is 0. The van der Waals surface area contributed by atoms with Crippen LogP contribution in [0.3, 0.4) is 0 Å². The molecule has 0 aliphatic rings. The summed E-state index contributed by atoms with van der Waals surface area (Å²) in [6.45, 7) is 4.11. The Balaban J connectivity index is 2.53. The minimum Gasteiger partial charge on any atom is -0.296 e. The van der Waals surface area contributed by atoms with Crippen LogP contribution in [0.5, 0.6) is 0 Å². The van der Waals surface area contributed by atoms with Gasteiger partial charge in [0, 0.05) is 5.56 Å². The topological polar surface area (TPSA) is 30.0 Å². The first-order chi connectivity index (χ1) is 7.69. The molecule has 2 nitrogen and oxygen atoms in total. The Morgan fingerprint density at radius 3 is 2.38 bits per heavy atom. The minimum absolute atomic E-state index is 0.469. The summed E-state index contributed by atoms with van der Waals surface area (Å²) in [5.74, 6) is 0. The zero-order chi connectivity index (χ0) is 11.5. The second-order valence-corrected chi connectivity index (χ2v) is 3.94. The molecule has 0 bridgehead atoms. The van der Waals surface area contributed by atoms with Gasteiger partial charge in [-0.05, 0) is 38.1 Å². The molecule has 0 aliphatic carbocycles. The van der Waals surface area contributed by atoms with E-state index in [1.165, 1.54) is 11.1 Å². The monoisotopic (exact) mass is 211 g/mol. The van der Waals surface area contributed by atoms with Crippen molar-refractivity contribution >= 4 is 6.29 Å². The molecule has 0 amide bonds. The molecule has 0 radical (unpaired) electrons. The highest BCUT2D eigenvalue weighted by Crippen LogP contribution is 2.20. The van der Waals surface area contributed by atoms with Crippen molar-refractivity contribution in [2.75, 3.05) is 0 Å². The fourth-order valence-electron chi connectivity index (χ4n) is 1.80. The van der Waals surface area contributed by atoms with Gasteiger partial charge in [-0.2, -0.15) is 0 Å². The lowest BCUT2D eigenvalue weighted by Gasteiger charge is -2.04. The number of hydrogen-bond donors (Lipinski definition) is 0. The number of benzene rings is 1. The molecule has 16 heavy (non-hydrogen) atoms. The number of carbonyl (C=O) groups is 1. The number of nitrogens with zero attached hydrogens (tertiary/aromatic N) is 1. The van der Waals surface area contributed by atoms with Crippen molar-refractivity contribution in [3.8, 4) is 11.3 Å². The van der Waals surface area contributed by atoms with Gasteiger partial charge in [-0.15, -0.1) is 0 Å². The standard InChI is InChI=1S/C14H13NO/c1-10-6-11(2)8-12(7-10)14-5-3-4-13(9-16)15-14/h3-9H,1-2H3. The average Bonchev–Trinajstić information content (AvgIpc) is 2.28. The van der Waals surface area contributed by atoms with E-state index in [4.69, 9.17) is 0 Å². The molecule has 0 atom stereocenters. The third-order valence-electron chi connectivity index (χ3n) is 2.41. The predicted octanol–water partition coefficient (Wildman–Crippen LogP) is 3.18. The third kappa shape index (κ3) is 2.16. The summed E-state index contributed by atoms with van der Waals surface area (Å²) < 4.78 is 0. The summed E-state index contributed by atoms with van der Waals surface area (Å²) >= 11 is 0. The summed E-state index contributed by atoms with van der Waals surface area (Å²) in [6.07, 6.45) is 0.770. The first kappa shape index (κ1) is 10.6. The Hall–Kier alpha value is -1.96. The molecule has 1 heterocycles. The van der Waals surface area contributed by atoms with Crippen molar-refractivity contribution in [1.82, 2.24) is 4.98 Å². The molecule has 0 saturated heterocycles. The van der Waals surface area contributed by atoms with Crippen LogP contribution >= 0.6 is 0 Å². The maximum atomic E-state index is 10.7. The van der Waals surface area contributed by atoms with Gasteiger partial charge in [-0.3, -0.25) is 4.79 Å². The zero-order valence-electron chi connectivity index (χ0n) is 9.40. The number of aromatic nitrogens is 1. The molecule has 0 N–H and O–H groups in total. The smallest absolute Gasteiger partial charge is 0.168 e. The first-order valence-electron chi connectivity index (χ1n) is 5.20. The van der Waals surface area contributed by atoms with E-state index < -0.39 is 0 Å². The molecule has 2 rings (SSSR count). The van der Waals surface area contributed by atoms with Gasteiger partial charge in [0.05, 0.1) is 5.69 Å². The van der Waals surface area contributed by atoms with Crippen molar-refractivity contribution in [2.24, 2.45) is 0 Å². The number of pyridine rings is 1. The van der Waals surface area contributed by atoms with Crippen molar-refractivity contribution < 1.29 is 4.79 Å². The molecule has 2 heteroatoms. The van der Waals surface area contributed by atoms with Gasteiger partial charge in [0.2, 0.25) is 0 Å². The van der Waals surface area contributed by atoms with E-state index >= 15 is 0 Å². The van der Waals surface area contributed by atoms with Gasteiger partial charge in [0.25, 0.3) is 0 Å². The van der Waals surface area contributed by atoms with E-state index in [9.17, 15) is 4.79 Å². The van der Waals surface area contributed by atoms with E-state index in [0.717, 1.165) is 17.5 Å². The second-order valence-electron chi connectivity index (χ2n) is 3.94. The van der Waals surface area contributed by atoms with Gasteiger partial charge < -0.3 is 0 Å². The van der Waals surface area contributed by atoms with E-state index in [-0.39, 0.29) is 0 Å². The Morgan fingerprint density at radius 1 is 1.06 bits per heavy atom. The Morgan fingerprint density at radius 2 is 1.75 bits per heavy atom. The highest BCUT2D eigenvalue weighted by molar-refractivity contribution is 5.74. The van der Waals surface area contributed by atoms with Gasteiger partial charge in [-0.25, -0.2) is 4.98 Å². The number of carbonyl (C=O) groups excluding carboxylic acids is 1. The molecule has 1 aromatic heterocycles. The van der Waals surface area contributed by atoms with Crippen molar-refractivity contribution in [2.45, 2.75) is 13.8 Å². The quantitative estimate of drug-likeness (QED) is 0.714. The van der Waals surface area contributed by atoms with Crippen LogP contribution in [0.15, 0.2) is 36.4 Å². The largest absolute Gasteiger partial charge is 0.296 e. The summed E-state index contributed by atoms with van der Waals surface area (Å²) in [5.41, 5.74) is 4.77. The number of aryl methyl sites for hydroxylation is 2. The number of hydrogen-bond acceptors (Lipinski definition) is 2. The maximum absolute atomic E-state index is 10.7. The Labute approximate surface area is 95.0 Å². The number of aldehydes is 1. The Bertz CT molecular complexity index is 512. The van der Waals surface area contributed by atoms with Gasteiger partial charge in [0.15, 0.2) is 6.29 Å². The van der Waals surface area contributed by atoms with E-state index in [1.54, 1.807) is 6.07 Å². The maximum Gasteiger partial charge on any atom is 0.168 e. The summed E-state index contributed by atoms with van der Waals surface area (Å²) in [4.78, 5) is 14.9. The highest BCUT2D eigenvalue weighted by atomic mass is 16.1. The van der Waals surface area contributed by atoms with Crippen LogP contribution in [0, 0.1) is 13.8 Å². The molecule has 0 aliphatic heterocycles. The molecule has 0 fully saturated rings. The van der Waals surface area contributed by atoms with Crippen molar-refractivity contribution in [3.63, 3.8) is 0 Å². The molecular weight excluding hydrogens is 198 g/mol. The van der Waals surface area contributed by atoms with Gasteiger partial charge in [-0.1, -0.05) is 23.3 Å². The minimum atomic E-state index is 0.469.